The van der Waals surface area contributed by atoms with E-state index in [9.17, 15) is 8.78 Å². The zero-order valence-electron chi connectivity index (χ0n) is 11.2. The summed E-state index contributed by atoms with van der Waals surface area (Å²) in [6.45, 7) is 0. The highest BCUT2D eigenvalue weighted by Crippen LogP contribution is 2.30. The highest BCUT2D eigenvalue weighted by molar-refractivity contribution is 9.10. The van der Waals surface area contributed by atoms with Gasteiger partial charge in [0.25, 0.3) is 0 Å². The maximum atomic E-state index is 13.9. The molecule has 1 unspecified atom stereocenters. The van der Waals surface area contributed by atoms with Gasteiger partial charge in [-0.05, 0) is 42.3 Å². The van der Waals surface area contributed by atoms with Gasteiger partial charge in [-0.2, -0.15) is 0 Å². The summed E-state index contributed by atoms with van der Waals surface area (Å²) in [5.41, 5.74) is 6.64. The summed E-state index contributed by atoms with van der Waals surface area (Å²) in [6.07, 6.45) is 0.262. The summed E-state index contributed by atoms with van der Waals surface area (Å²) < 4.78 is 34.3. The van der Waals surface area contributed by atoms with Crippen LogP contribution in [-0.2, 0) is 6.42 Å². The fourth-order valence-electron chi connectivity index (χ4n) is 2.15. The van der Waals surface area contributed by atoms with Crippen LogP contribution in [0.3, 0.4) is 0 Å². The molecule has 0 amide bonds. The molecule has 21 heavy (non-hydrogen) atoms. The molecular weight excluding hydrogens is 408 g/mol. The molecule has 2 aromatic carbocycles. The van der Waals surface area contributed by atoms with E-state index in [0.29, 0.717) is 10.2 Å². The van der Waals surface area contributed by atoms with E-state index >= 15 is 0 Å². The molecule has 2 aromatic rings. The fraction of sp³-hybridized carbons (Fsp3) is 0.200. The van der Waals surface area contributed by atoms with Crippen LogP contribution in [0.1, 0.15) is 17.2 Å². The molecule has 0 aliphatic rings. The fourth-order valence-corrected chi connectivity index (χ4v) is 2.96. The van der Waals surface area contributed by atoms with Gasteiger partial charge in [0, 0.05) is 20.6 Å². The van der Waals surface area contributed by atoms with Gasteiger partial charge in [0.15, 0.2) is 0 Å². The number of ether oxygens (including phenoxy) is 1. The van der Waals surface area contributed by atoms with Crippen molar-refractivity contribution in [2.75, 3.05) is 7.11 Å². The van der Waals surface area contributed by atoms with Crippen molar-refractivity contribution in [1.29, 1.82) is 0 Å². The maximum absolute atomic E-state index is 13.9. The van der Waals surface area contributed by atoms with Crippen molar-refractivity contribution in [3.8, 4) is 5.75 Å². The molecule has 2 rings (SSSR count). The predicted octanol–water partition coefficient (Wildman–Crippen LogP) is 4.74. The molecule has 2 nitrogen and oxygen atoms in total. The van der Waals surface area contributed by atoms with Gasteiger partial charge in [-0.15, -0.1) is 0 Å². The summed E-state index contributed by atoms with van der Waals surface area (Å²) in [7, 11) is 1.54. The van der Waals surface area contributed by atoms with Gasteiger partial charge in [0.05, 0.1) is 7.11 Å². The molecule has 0 saturated heterocycles. The molecule has 1 atom stereocenters. The Hall–Kier alpha value is -0.980. The van der Waals surface area contributed by atoms with Crippen LogP contribution in [0.15, 0.2) is 39.3 Å². The quantitative estimate of drug-likeness (QED) is 0.775. The van der Waals surface area contributed by atoms with Crippen LogP contribution in [0.5, 0.6) is 5.75 Å². The van der Waals surface area contributed by atoms with Gasteiger partial charge >= 0.3 is 0 Å². The minimum Gasteiger partial charge on any atom is -0.496 e. The number of hydrogen-bond donors (Lipinski definition) is 1. The van der Waals surface area contributed by atoms with E-state index in [-0.39, 0.29) is 12.0 Å². The average molecular weight is 421 g/mol. The van der Waals surface area contributed by atoms with Crippen LogP contribution >= 0.6 is 31.9 Å². The first-order valence-electron chi connectivity index (χ1n) is 6.14. The Labute approximate surface area is 138 Å². The van der Waals surface area contributed by atoms with Crippen molar-refractivity contribution in [3.05, 3.63) is 62.0 Å². The molecule has 0 aliphatic carbocycles. The third-order valence-corrected chi connectivity index (χ3v) is 4.05. The lowest BCUT2D eigenvalue weighted by Crippen LogP contribution is -2.17. The van der Waals surface area contributed by atoms with Crippen molar-refractivity contribution in [2.24, 2.45) is 5.73 Å². The molecule has 0 heterocycles. The van der Waals surface area contributed by atoms with E-state index in [1.54, 1.807) is 13.2 Å². The second kappa shape index (κ2) is 6.85. The van der Waals surface area contributed by atoms with Crippen molar-refractivity contribution in [3.63, 3.8) is 0 Å². The summed E-state index contributed by atoms with van der Waals surface area (Å²) >= 11 is 6.41. The largest absolute Gasteiger partial charge is 0.496 e. The number of halogens is 4. The van der Waals surface area contributed by atoms with E-state index in [0.717, 1.165) is 10.0 Å². The molecule has 0 saturated carbocycles. The second-order valence-electron chi connectivity index (χ2n) is 4.55. The van der Waals surface area contributed by atoms with E-state index in [1.807, 2.05) is 12.1 Å². The third-order valence-electron chi connectivity index (χ3n) is 3.10. The van der Waals surface area contributed by atoms with E-state index in [4.69, 9.17) is 10.5 Å². The number of rotatable bonds is 4. The van der Waals surface area contributed by atoms with Crippen LogP contribution in [0.25, 0.3) is 0 Å². The first-order chi connectivity index (χ1) is 9.92. The van der Waals surface area contributed by atoms with Crippen molar-refractivity contribution in [2.45, 2.75) is 12.5 Å². The first kappa shape index (κ1) is 16.4. The Kier molecular flexibility index (Phi) is 5.35. The van der Waals surface area contributed by atoms with E-state index < -0.39 is 17.7 Å². The number of nitrogens with two attached hydrogens (primary N) is 1. The van der Waals surface area contributed by atoms with E-state index in [2.05, 4.69) is 31.9 Å². The minimum atomic E-state index is -0.804. The van der Waals surface area contributed by atoms with Gasteiger partial charge < -0.3 is 10.5 Å². The summed E-state index contributed by atoms with van der Waals surface area (Å²) in [5, 5.41) is 0. The predicted molar refractivity (Wildman–Crippen MR) is 85.4 cm³/mol. The molecule has 0 radical (unpaired) electrons. The van der Waals surface area contributed by atoms with Crippen LogP contribution < -0.4 is 10.5 Å². The Morgan fingerprint density at radius 2 is 1.71 bits per heavy atom. The molecule has 0 bridgehead atoms. The van der Waals surface area contributed by atoms with Crippen molar-refractivity contribution >= 4 is 31.9 Å². The van der Waals surface area contributed by atoms with Gasteiger partial charge in [0.1, 0.15) is 17.4 Å². The first-order valence-corrected chi connectivity index (χ1v) is 7.73. The lowest BCUT2D eigenvalue weighted by atomic mass is 9.98. The monoisotopic (exact) mass is 419 g/mol. The lowest BCUT2D eigenvalue weighted by molar-refractivity contribution is 0.407. The van der Waals surface area contributed by atoms with Gasteiger partial charge in [-0.3, -0.25) is 0 Å². The Morgan fingerprint density at radius 3 is 2.29 bits per heavy atom. The van der Waals surface area contributed by atoms with Crippen molar-refractivity contribution in [1.82, 2.24) is 0 Å². The number of hydrogen-bond acceptors (Lipinski definition) is 2. The smallest absolute Gasteiger partial charge is 0.132 e. The molecule has 0 fully saturated rings. The second-order valence-corrected chi connectivity index (χ2v) is 6.38. The summed E-state index contributed by atoms with van der Waals surface area (Å²) in [4.78, 5) is 0. The molecule has 0 aliphatic heterocycles. The van der Waals surface area contributed by atoms with Crippen molar-refractivity contribution < 1.29 is 13.5 Å². The topological polar surface area (TPSA) is 35.2 Å². The van der Waals surface area contributed by atoms with Gasteiger partial charge in [-0.1, -0.05) is 31.9 Å². The van der Waals surface area contributed by atoms with Crippen LogP contribution in [0, 0.1) is 11.6 Å². The number of benzene rings is 2. The molecular formula is C15H13Br2F2NO. The lowest BCUT2D eigenvalue weighted by Gasteiger charge is -2.16. The minimum absolute atomic E-state index is 0.125. The standard InChI is InChI=1S/C15H13Br2F2NO/c1-21-14-3-2-9(16)4-8(14)5-13(20)15-11(18)6-10(17)7-12(15)19/h2-4,6-7,13H,5,20H2,1H3. The molecule has 112 valence electrons. The van der Waals surface area contributed by atoms with Gasteiger partial charge in [-0.25, -0.2) is 8.78 Å². The van der Waals surface area contributed by atoms with Gasteiger partial charge in [0.2, 0.25) is 0 Å². The van der Waals surface area contributed by atoms with Crippen LogP contribution in [-0.4, -0.2) is 7.11 Å². The molecule has 6 heteroatoms. The summed E-state index contributed by atoms with van der Waals surface area (Å²) in [6, 6.07) is 7.04. The Balaban J connectivity index is 2.34. The zero-order valence-corrected chi connectivity index (χ0v) is 14.3. The maximum Gasteiger partial charge on any atom is 0.132 e. The Morgan fingerprint density at radius 1 is 1.10 bits per heavy atom. The average Bonchev–Trinajstić information content (AvgIpc) is 2.37. The molecule has 2 N–H and O–H groups in total. The normalized spacial score (nSPS) is 12.3. The SMILES string of the molecule is COc1ccc(Br)cc1CC(N)c1c(F)cc(Br)cc1F. The molecule has 0 spiro atoms. The van der Waals surface area contributed by atoms with Crippen LogP contribution in [0.4, 0.5) is 8.78 Å². The summed E-state index contributed by atoms with van der Waals surface area (Å²) in [5.74, 6) is -0.696. The highest BCUT2D eigenvalue weighted by Gasteiger charge is 2.19. The molecule has 0 aromatic heterocycles. The highest BCUT2D eigenvalue weighted by atomic mass is 79.9. The third kappa shape index (κ3) is 3.81. The zero-order chi connectivity index (χ0) is 15.6. The van der Waals surface area contributed by atoms with Crippen LogP contribution in [0.2, 0.25) is 0 Å². The Bertz CT molecular complexity index is 641. The number of methoxy groups -OCH3 is 1. The van der Waals surface area contributed by atoms with E-state index in [1.165, 1.54) is 12.1 Å².